The number of carbonyl (C=O) groups is 1. The maximum Gasteiger partial charge on any atom is 0.420 e. The number of phenols is 1. The molecule has 0 radical (unpaired) electrons. The molecule has 8 heteroatoms. The second kappa shape index (κ2) is 5.44. The fraction of sp³-hybridized carbons (Fsp3) is 0.462. The lowest BCUT2D eigenvalue weighted by atomic mass is 9.97. The van der Waals surface area contributed by atoms with Crippen LogP contribution in [-0.4, -0.2) is 29.8 Å². The number of aliphatic carboxylic acids is 1. The zero-order valence-corrected chi connectivity index (χ0v) is 11.1. The SMILES string of the molecule is COc1c(C(F)(F)F)ccc(C2CC(C(=O)O)CN2)c1O. The minimum atomic E-state index is -4.64. The number of benzene rings is 1. The number of ether oxygens (including phenoxy) is 1. The third kappa shape index (κ3) is 2.90. The van der Waals surface area contributed by atoms with Crippen molar-refractivity contribution >= 4 is 5.97 Å². The maximum atomic E-state index is 12.8. The van der Waals surface area contributed by atoms with Crippen LogP contribution in [0.4, 0.5) is 13.2 Å². The molecule has 0 amide bonds. The monoisotopic (exact) mass is 305 g/mol. The summed E-state index contributed by atoms with van der Waals surface area (Å²) in [5.74, 6) is -2.89. The summed E-state index contributed by atoms with van der Waals surface area (Å²) in [5.41, 5.74) is -0.873. The topological polar surface area (TPSA) is 78.8 Å². The number of aromatic hydroxyl groups is 1. The lowest BCUT2D eigenvalue weighted by Gasteiger charge is -2.18. The van der Waals surface area contributed by atoms with Gasteiger partial charge in [0.15, 0.2) is 11.5 Å². The van der Waals surface area contributed by atoms with Crippen LogP contribution in [0.5, 0.6) is 11.5 Å². The third-order valence-corrected chi connectivity index (χ3v) is 3.53. The third-order valence-electron chi connectivity index (χ3n) is 3.53. The molecular formula is C13H14F3NO4. The van der Waals surface area contributed by atoms with Crippen LogP contribution in [0.3, 0.4) is 0 Å². The number of alkyl halides is 3. The van der Waals surface area contributed by atoms with Crippen molar-refractivity contribution < 1.29 is 32.9 Å². The number of rotatable bonds is 3. The maximum absolute atomic E-state index is 12.8. The van der Waals surface area contributed by atoms with Gasteiger partial charge in [-0.15, -0.1) is 0 Å². The highest BCUT2D eigenvalue weighted by Crippen LogP contribution is 2.45. The standard InChI is InChI=1S/C13H14F3NO4/c1-21-11-8(13(14,15)16)3-2-7(10(11)18)9-4-6(5-17-9)12(19)20/h2-3,6,9,17-18H,4-5H2,1H3,(H,19,20). The molecule has 0 aromatic heterocycles. The molecule has 1 heterocycles. The highest BCUT2D eigenvalue weighted by atomic mass is 19.4. The normalized spacial score (nSPS) is 22.3. The Hall–Kier alpha value is -1.96. The molecule has 1 aliphatic rings. The van der Waals surface area contributed by atoms with Gasteiger partial charge in [-0.1, -0.05) is 6.07 Å². The van der Waals surface area contributed by atoms with Crippen molar-refractivity contribution in [3.8, 4) is 11.5 Å². The summed E-state index contributed by atoms with van der Waals surface area (Å²) in [6.45, 7) is 0.197. The Kier molecular flexibility index (Phi) is 3.99. The number of hydrogen-bond donors (Lipinski definition) is 3. The first-order valence-electron chi connectivity index (χ1n) is 6.19. The molecule has 1 saturated heterocycles. The van der Waals surface area contributed by atoms with Gasteiger partial charge in [-0.2, -0.15) is 13.2 Å². The summed E-state index contributed by atoms with van der Waals surface area (Å²) in [6.07, 6.45) is -4.45. The molecule has 1 aromatic rings. The number of carboxylic acids is 1. The first-order chi connectivity index (χ1) is 9.75. The highest BCUT2D eigenvalue weighted by molar-refractivity contribution is 5.71. The largest absolute Gasteiger partial charge is 0.504 e. The molecule has 0 aliphatic carbocycles. The molecule has 1 aliphatic heterocycles. The highest BCUT2D eigenvalue weighted by Gasteiger charge is 2.38. The van der Waals surface area contributed by atoms with Crippen molar-refractivity contribution in [2.45, 2.75) is 18.6 Å². The van der Waals surface area contributed by atoms with E-state index in [0.29, 0.717) is 0 Å². The van der Waals surface area contributed by atoms with Gasteiger partial charge in [-0.3, -0.25) is 4.79 Å². The van der Waals surface area contributed by atoms with Crippen LogP contribution < -0.4 is 10.1 Å². The second-order valence-electron chi connectivity index (χ2n) is 4.81. The fourth-order valence-electron chi connectivity index (χ4n) is 2.46. The Balaban J connectivity index is 2.37. The van der Waals surface area contributed by atoms with Crippen molar-refractivity contribution in [1.82, 2.24) is 5.32 Å². The summed E-state index contributed by atoms with van der Waals surface area (Å²) in [5, 5.41) is 21.8. The van der Waals surface area contributed by atoms with E-state index in [1.807, 2.05) is 0 Å². The van der Waals surface area contributed by atoms with Gasteiger partial charge in [0.2, 0.25) is 0 Å². The van der Waals surface area contributed by atoms with Gasteiger partial charge in [0.25, 0.3) is 0 Å². The Morgan fingerprint density at radius 3 is 2.57 bits per heavy atom. The Morgan fingerprint density at radius 2 is 2.10 bits per heavy atom. The van der Waals surface area contributed by atoms with Crippen LogP contribution in [0.1, 0.15) is 23.6 Å². The first kappa shape index (κ1) is 15.4. The predicted octanol–water partition coefficient (Wildman–Crippen LogP) is 2.15. The summed E-state index contributed by atoms with van der Waals surface area (Å²) in [4.78, 5) is 10.9. The summed E-state index contributed by atoms with van der Waals surface area (Å²) in [6, 6.07) is 1.44. The summed E-state index contributed by atoms with van der Waals surface area (Å²) < 4.78 is 43.1. The average molecular weight is 305 g/mol. The van der Waals surface area contributed by atoms with E-state index in [-0.39, 0.29) is 18.5 Å². The van der Waals surface area contributed by atoms with Crippen LogP contribution in [0.2, 0.25) is 0 Å². The van der Waals surface area contributed by atoms with Crippen molar-refractivity contribution in [1.29, 1.82) is 0 Å². The van der Waals surface area contributed by atoms with E-state index in [2.05, 4.69) is 10.1 Å². The molecule has 1 aromatic carbocycles. The number of hydrogen-bond acceptors (Lipinski definition) is 4. The molecular weight excluding hydrogens is 291 g/mol. The minimum Gasteiger partial charge on any atom is -0.504 e. The zero-order chi connectivity index (χ0) is 15.8. The lowest BCUT2D eigenvalue weighted by molar-refractivity contribution is -0.141. The molecule has 2 atom stereocenters. The van der Waals surface area contributed by atoms with Gasteiger partial charge in [0, 0.05) is 18.2 Å². The molecule has 0 saturated carbocycles. The van der Waals surface area contributed by atoms with E-state index >= 15 is 0 Å². The Morgan fingerprint density at radius 1 is 1.43 bits per heavy atom. The molecule has 3 N–H and O–H groups in total. The molecule has 2 rings (SSSR count). The smallest absolute Gasteiger partial charge is 0.420 e. The molecule has 116 valence electrons. The number of halogens is 3. The summed E-state index contributed by atoms with van der Waals surface area (Å²) >= 11 is 0. The number of methoxy groups -OCH3 is 1. The van der Waals surface area contributed by atoms with Crippen molar-refractivity contribution in [3.05, 3.63) is 23.3 Å². The van der Waals surface area contributed by atoms with E-state index in [9.17, 15) is 23.1 Å². The minimum absolute atomic E-state index is 0.192. The van der Waals surface area contributed by atoms with E-state index in [1.54, 1.807) is 0 Å². The van der Waals surface area contributed by atoms with Crippen molar-refractivity contribution in [2.75, 3.05) is 13.7 Å². The van der Waals surface area contributed by atoms with Crippen molar-refractivity contribution in [2.24, 2.45) is 5.92 Å². The van der Waals surface area contributed by atoms with Gasteiger partial charge in [0.05, 0.1) is 13.0 Å². The molecule has 1 fully saturated rings. The van der Waals surface area contributed by atoms with E-state index in [0.717, 1.165) is 19.2 Å². The zero-order valence-electron chi connectivity index (χ0n) is 11.1. The number of phenolic OH excluding ortho intramolecular Hbond substituents is 1. The predicted molar refractivity (Wildman–Crippen MR) is 66.1 cm³/mol. The second-order valence-corrected chi connectivity index (χ2v) is 4.81. The molecule has 2 unspecified atom stereocenters. The van der Waals surface area contributed by atoms with Gasteiger partial charge in [-0.05, 0) is 12.5 Å². The van der Waals surface area contributed by atoms with Gasteiger partial charge in [-0.25, -0.2) is 0 Å². The van der Waals surface area contributed by atoms with Crippen molar-refractivity contribution in [3.63, 3.8) is 0 Å². The fourth-order valence-corrected chi connectivity index (χ4v) is 2.46. The van der Waals surface area contributed by atoms with Gasteiger partial charge in [0.1, 0.15) is 5.56 Å². The van der Waals surface area contributed by atoms with Gasteiger partial charge >= 0.3 is 12.1 Å². The van der Waals surface area contributed by atoms with Crippen LogP contribution in [0.25, 0.3) is 0 Å². The molecule has 0 spiro atoms. The van der Waals surface area contributed by atoms with Crippen LogP contribution >= 0.6 is 0 Å². The van der Waals surface area contributed by atoms with E-state index in [4.69, 9.17) is 5.11 Å². The van der Waals surface area contributed by atoms with Crippen LogP contribution in [0.15, 0.2) is 12.1 Å². The average Bonchev–Trinajstić information content (AvgIpc) is 2.86. The van der Waals surface area contributed by atoms with E-state index in [1.165, 1.54) is 0 Å². The number of carboxylic acid groups (broad SMARTS) is 1. The Labute approximate surface area is 118 Å². The lowest BCUT2D eigenvalue weighted by Crippen LogP contribution is -2.17. The quantitative estimate of drug-likeness (QED) is 0.797. The van der Waals surface area contributed by atoms with Crippen LogP contribution in [0, 0.1) is 5.92 Å². The van der Waals surface area contributed by atoms with Crippen LogP contribution in [-0.2, 0) is 11.0 Å². The molecule has 21 heavy (non-hydrogen) atoms. The number of nitrogens with one attached hydrogen (secondary N) is 1. The Bertz CT molecular complexity index is 559. The summed E-state index contributed by atoms with van der Waals surface area (Å²) in [7, 11) is 1.04. The van der Waals surface area contributed by atoms with Gasteiger partial charge < -0.3 is 20.3 Å². The molecule has 0 bridgehead atoms. The van der Waals surface area contributed by atoms with E-state index < -0.39 is 41.2 Å². The first-order valence-corrected chi connectivity index (χ1v) is 6.19. The molecule has 5 nitrogen and oxygen atoms in total.